The molecule has 1 rings (SSSR count). The van der Waals surface area contributed by atoms with E-state index >= 15 is 0 Å². The largest absolute Gasteiger partial charge is 0.469 e. The van der Waals surface area contributed by atoms with E-state index in [2.05, 4.69) is 4.52 Å². The summed E-state index contributed by atoms with van der Waals surface area (Å²) in [6.07, 6.45) is -3.74. The van der Waals surface area contributed by atoms with Crippen molar-refractivity contribution in [2.45, 2.75) is 30.8 Å². The topological polar surface area (TPSA) is 153 Å². The highest BCUT2D eigenvalue weighted by Crippen LogP contribution is 2.41. The smallest absolute Gasteiger partial charge is 0.396 e. The summed E-state index contributed by atoms with van der Waals surface area (Å²) in [4.78, 5) is 17.3. The van der Waals surface area contributed by atoms with Crippen LogP contribution in [0.4, 0.5) is 0 Å². The van der Waals surface area contributed by atoms with E-state index in [0.717, 1.165) is 0 Å². The third-order valence-corrected chi connectivity index (χ3v) is 3.24. The molecule has 0 saturated heterocycles. The van der Waals surface area contributed by atoms with Gasteiger partial charge in [0.15, 0.2) is 0 Å². The molecule has 5 atom stereocenters. The van der Waals surface area contributed by atoms with Crippen molar-refractivity contribution in [3.63, 3.8) is 0 Å². The van der Waals surface area contributed by atoms with Crippen LogP contribution in [0.5, 0.6) is 0 Å². The molecule has 9 heteroatoms. The summed E-state index contributed by atoms with van der Waals surface area (Å²) in [5, 5.41) is 27.9. The fraction of sp³-hybridized carbons (Fsp3) is 1.00. The van der Waals surface area contributed by atoms with Crippen LogP contribution in [0.1, 0.15) is 6.42 Å². The first-order valence-electron chi connectivity index (χ1n) is 4.72. The van der Waals surface area contributed by atoms with E-state index < -0.39 is 44.7 Å². The van der Waals surface area contributed by atoms with Crippen molar-refractivity contribution in [2.75, 3.05) is 6.61 Å². The van der Waals surface area contributed by atoms with E-state index in [4.69, 9.17) is 20.6 Å². The Balaban J connectivity index is 2.75. The first-order valence-corrected chi connectivity index (χ1v) is 6.26. The highest BCUT2D eigenvalue weighted by Gasteiger charge is 2.44. The quantitative estimate of drug-likeness (QED) is 0.304. The first kappa shape index (κ1) is 14.0. The molecule has 7 N–H and O–H groups in total. The SMILES string of the molecule is NC1[C@@H](O)[C@@H](O)C(CO)C[C@H]1OP(=O)(O)O. The molecule has 0 bridgehead atoms. The van der Waals surface area contributed by atoms with Gasteiger partial charge >= 0.3 is 7.82 Å². The van der Waals surface area contributed by atoms with E-state index in [1.54, 1.807) is 0 Å². The molecule has 0 radical (unpaired) electrons. The van der Waals surface area contributed by atoms with Gasteiger partial charge in [0.25, 0.3) is 0 Å². The van der Waals surface area contributed by atoms with Gasteiger partial charge in [-0.1, -0.05) is 0 Å². The molecule has 1 fully saturated rings. The summed E-state index contributed by atoms with van der Waals surface area (Å²) in [6, 6.07) is -1.11. The molecule has 96 valence electrons. The third-order valence-electron chi connectivity index (χ3n) is 2.70. The van der Waals surface area contributed by atoms with E-state index in [0.29, 0.717) is 0 Å². The number of rotatable bonds is 3. The second-order valence-electron chi connectivity index (χ2n) is 3.87. The molecule has 1 saturated carbocycles. The number of phosphoric ester groups is 1. The lowest BCUT2D eigenvalue weighted by Crippen LogP contribution is -2.58. The van der Waals surface area contributed by atoms with Gasteiger partial charge in [-0.3, -0.25) is 4.52 Å². The highest BCUT2D eigenvalue weighted by atomic mass is 31.2. The second kappa shape index (κ2) is 5.07. The predicted molar refractivity (Wildman–Crippen MR) is 52.1 cm³/mol. The van der Waals surface area contributed by atoms with E-state index in [9.17, 15) is 14.8 Å². The molecule has 2 unspecified atom stereocenters. The van der Waals surface area contributed by atoms with Crippen LogP contribution in [0.25, 0.3) is 0 Å². The molecule has 0 amide bonds. The van der Waals surface area contributed by atoms with Gasteiger partial charge < -0.3 is 30.8 Å². The Kier molecular flexibility index (Phi) is 4.44. The summed E-state index contributed by atoms with van der Waals surface area (Å²) < 4.78 is 15.0. The van der Waals surface area contributed by atoms with E-state index in [-0.39, 0.29) is 6.42 Å². The zero-order valence-electron chi connectivity index (χ0n) is 8.38. The van der Waals surface area contributed by atoms with Gasteiger partial charge in [-0.05, 0) is 6.42 Å². The number of aliphatic hydroxyl groups is 3. The molecule has 16 heavy (non-hydrogen) atoms. The van der Waals surface area contributed by atoms with Crippen molar-refractivity contribution in [3.05, 3.63) is 0 Å². The molecule has 8 nitrogen and oxygen atoms in total. The zero-order chi connectivity index (χ0) is 12.5. The average molecular weight is 257 g/mol. The molecule has 0 heterocycles. The molecule has 1 aliphatic carbocycles. The minimum absolute atomic E-state index is 0.0268. The lowest BCUT2D eigenvalue weighted by Gasteiger charge is -2.40. The van der Waals surface area contributed by atoms with E-state index in [1.165, 1.54) is 0 Å². The number of nitrogens with two attached hydrogens (primary N) is 1. The molecule has 0 spiro atoms. The maximum absolute atomic E-state index is 10.6. The van der Waals surface area contributed by atoms with Gasteiger partial charge in [0.1, 0.15) is 0 Å². The Hall–Kier alpha value is -0.0500. The van der Waals surface area contributed by atoms with Gasteiger partial charge in [0.05, 0.1) is 24.4 Å². The van der Waals surface area contributed by atoms with Crippen LogP contribution in [0.3, 0.4) is 0 Å². The van der Waals surface area contributed by atoms with Crippen molar-refractivity contribution in [1.82, 2.24) is 0 Å². The molecule has 1 aliphatic rings. The van der Waals surface area contributed by atoms with Crippen molar-refractivity contribution in [2.24, 2.45) is 11.7 Å². The van der Waals surface area contributed by atoms with Crippen LogP contribution in [0.2, 0.25) is 0 Å². The van der Waals surface area contributed by atoms with Crippen molar-refractivity contribution in [1.29, 1.82) is 0 Å². The number of hydrogen-bond donors (Lipinski definition) is 6. The Bertz CT molecular complexity index is 280. The van der Waals surface area contributed by atoms with Crippen molar-refractivity contribution in [3.8, 4) is 0 Å². The third kappa shape index (κ3) is 3.22. The summed E-state index contributed by atoms with van der Waals surface area (Å²) in [5.74, 6) is -0.716. The lowest BCUT2D eigenvalue weighted by molar-refractivity contribution is -0.104. The van der Waals surface area contributed by atoms with Crippen LogP contribution in [-0.4, -0.2) is 56.1 Å². The first-order chi connectivity index (χ1) is 7.26. The summed E-state index contributed by atoms with van der Waals surface area (Å²) in [7, 11) is -4.71. The van der Waals surface area contributed by atoms with Gasteiger partial charge in [-0.2, -0.15) is 0 Å². The van der Waals surface area contributed by atoms with Crippen LogP contribution in [0, 0.1) is 5.92 Å². The van der Waals surface area contributed by atoms with Gasteiger partial charge in [-0.15, -0.1) is 0 Å². The number of hydrogen-bond acceptors (Lipinski definition) is 6. The Morgan fingerprint density at radius 2 is 1.88 bits per heavy atom. The lowest BCUT2D eigenvalue weighted by atomic mass is 9.80. The Morgan fingerprint density at radius 1 is 1.31 bits per heavy atom. The van der Waals surface area contributed by atoms with Crippen LogP contribution < -0.4 is 5.73 Å². The van der Waals surface area contributed by atoms with Crippen LogP contribution in [-0.2, 0) is 9.09 Å². The minimum atomic E-state index is -4.71. The van der Waals surface area contributed by atoms with Crippen LogP contribution >= 0.6 is 7.82 Å². The second-order valence-corrected chi connectivity index (χ2v) is 5.06. The molecule has 0 aromatic rings. The molecule has 0 aromatic carbocycles. The van der Waals surface area contributed by atoms with E-state index in [1.807, 2.05) is 0 Å². The minimum Gasteiger partial charge on any atom is -0.396 e. The fourth-order valence-corrected chi connectivity index (χ4v) is 2.37. The molecular formula is C7H16NO7P. The molecular weight excluding hydrogens is 241 g/mol. The average Bonchev–Trinajstić information content (AvgIpc) is 2.17. The van der Waals surface area contributed by atoms with Crippen molar-refractivity contribution >= 4 is 7.82 Å². The number of aliphatic hydroxyl groups excluding tert-OH is 3. The fourth-order valence-electron chi connectivity index (χ4n) is 1.79. The predicted octanol–water partition coefficient (Wildman–Crippen LogP) is -2.47. The monoisotopic (exact) mass is 257 g/mol. The zero-order valence-corrected chi connectivity index (χ0v) is 9.27. The maximum Gasteiger partial charge on any atom is 0.469 e. The summed E-state index contributed by atoms with van der Waals surface area (Å²) in [6.45, 7) is -0.425. The Labute approximate surface area is 91.9 Å². The highest BCUT2D eigenvalue weighted by molar-refractivity contribution is 7.46. The van der Waals surface area contributed by atoms with Gasteiger partial charge in [0, 0.05) is 12.5 Å². The standard InChI is InChI=1S/C7H16NO7P/c8-5-4(15-16(12,13)14)1-3(2-9)6(10)7(5)11/h3-7,9-11H,1-2,8H2,(H2,12,13,14)/t3?,4-,5?,6+,7-/m1/s1. The molecule has 0 aliphatic heterocycles. The maximum atomic E-state index is 10.6. The normalized spacial score (nSPS) is 41.0. The Morgan fingerprint density at radius 3 is 2.31 bits per heavy atom. The summed E-state index contributed by atoms with van der Waals surface area (Å²) in [5.41, 5.74) is 5.48. The summed E-state index contributed by atoms with van der Waals surface area (Å²) >= 11 is 0. The molecule has 0 aromatic heterocycles. The van der Waals surface area contributed by atoms with Gasteiger partial charge in [-0.25, -0.2) is 4.57 Å². The van der Waals surface area contributed by atoms with Gasteiger partial charge in [0.2, 0.25) is 0 Å². The van der Waals surface area contributed by atoms with Crippen LogP contribution in [0.15, 0.2) is 0 Å². The number of phosphoric acid groups is 1. The van der Waals surface area contributed by atoms with Crippen molar-refractivity contribution < 1.29 is 34.2 Å².